The fourth-order valence-electron chi connectivity index (χ4n) is 1.61. The van der Waals surface area contributed by atoms with Crippen molar-refractivity contribution in [2.24, 2.45) is 12.8 Å². The van der Waals surface area contributed by atoms with E-state index < -0.39 is 6.04 Å². The van der Waals surface area contributed by atoms with E-state index in [0.29, 0.717) is 11.7 Å². The van der Waals surface area contributed by atoms with Crippen LogP contribution >= 0.6 is 11.3 Å². The molecule has 0 fully saturated rings. The number of hydrogen-bond acceptors (Lipinski definition) is 6. The summed E-state index contributed by atoms with van der Waals surface area (Å²) >= 11 is 1.56. The average molecular weight is 261 g/mol. The van der Waals surface area contributed by atoms with Gasteiger partial charge in [-0.2, -0.15) is 10.1 Å². The molecule has 0 spiro atoms. The number of nitrogens with zero attached hydrogens (tertiary/aromatic N) is 4. The van der Waals surface area contributed by atoms with Gasteiger partial charge in [-0.1, -0.05) is 11.2 Å². The molecule has 0 aliphatic carbocycles. The number of nitrogens with two attached hydrogens (primary N) is 1. The number of aryl methyl sites for hydroxylation is 1. The van der Waals surface area contributed by atoms with E-state index in [-0.39, 0.29) is 0 Å². The third kappa shape index (κ3) is 1.93. The van der Waals surface area contributed by atoms with Crippen molar-refractivity contribution in [2.75, 3.05) is 0 Å². The molecule has 3 aromatic heterocycles. The molecule has 3 heterocycles. The van der Waals surface area contributed by atoms with Gasteiger partial charge in [0, 0.05) is 18.8 Å². The van der Waals surface area contributed by atoms with Crippen molar-refractivity contribution in [2.45, 2.75) is 6.04 Å². The summed E-state index contributed by atoms with van der Waals surface area (Å²) in [6.07, 6.45) is 3.53. The predicted octanol–water partition coefficient (Wildman–Crippen LogP) is 1.58. The second-order valence-corrected chi connectivity index (χ2v) is 4.81. The summed E-state index contributed by atoms with van der Waals surface area (Å²) in [6, 6.07) is 3.44. The fraction of sp³-hybridized carbons (Fsp3) is 0.182. The lowest BCUT2D eigenvalue weighted by atomic mass is 10.2. The van der Waals surface area contributed by atoms with Gasteiger partial charge in [-0.05, 0) is 11.4 Å². The third-order valence-electron chi connectivity index (χ3n) is 2.53. The lowest BCUT2D eigenvalue weighted by Gasteiger charge is -2.01. The maximum Gasteiger partial charge on any atom is 0.248 e. The van der Waals surface area contributed by atoms with Gasteiger partial charge in [0.2, 0.25) is 11.7 Å². The highest BCUT2D eigenvalue weighted by Gasteiger charge is 2.19. The summed E-state index contributed by atoms with van der Waals surface area (Å²) in [5, 5.41) is 9.96. The van der Waals surface area contributed by atoms with Gasteiger partial charge in [0.1, 0.15) is 6.04 Å². The Morgan fingerprint density at radius 2 is 2.39 bits per heavy atom. The summed E-state index contributed by atoms with van der Waals surface area (Å²) in [7, 11) is 1.83. The molecule has 18 heavy (non-hydrogen) atoms. The molecule has 6 nitrogen and oxygen atoms in total. The smallest absolute Gasteiger partial charge is 0.248 e. The van der Waals surface area contributed by atoms with Gasteiger partial charge in [-0.25, -0.2) is 0 Å². The van der Waals surface area contributed by atoms with Crippen LogP contribution in [0.1, 0.15) is 17.5 Å². The fourth-order valence-corrected chi connectivity index (χ4v) is 2.26. The highest BCUT2D eigenvalue weighted by molar-refractivity contribution is 7.13. The molecule has 1 unspecified atom stereocenters. The molecule has 1 atom stereocenters. The standard InChI is InChI=1S/C11H11N5OS/c1-16-6-7(5-13-16)9(12)11-14-10(15-17-11)8-3-2-4-18-8/h2-6,9H,12H2,1H3. The van der Waals surface area contributed by atoms with Crippen molar-refractivity contribution in [3.05, 3.63) is 41.4 Å². The Morgan fingerprint density at radius 3 is 3.06 bits per heavy atom. The van der Waals surface area contributed by atoms with Crippen molar-refractivity contribution >= 4 is 11.3 Å². The Labute approximate surface area is 107 Å². The van der Waals surface area contributed by atoms with E-state index in [0.717, 1.165) is 10.4 Å². The molecule has 0 radical (unpaired) electrons. The summed E-state index contributed by atoms with van der Waals surface area (Å²) in [5.41, 5.74) is 6.90. The first-order valence-corrected chi connectivity index (χ1v) is 6.23. The second kappa shape index (κ2) is 4.35. The highest BCUT2D eigenvalue weighted by Crippen LogP contribution is 2.24. The first-order chi connectivity index (χ1) is 8.74. The Balaban J connectivity index is 1.89. The molecule has 92 valence electrons. The molecule has 3 aromatic rings. The Morgan fingerprint density at radius 1 is 1.50 bits per heavy atom. The van der Waals surface area contributed by atoms with Gasteiger partial charge < -0.3 is 10.3 Å². The Hall–Kier alpha value is -1.99. The molecular formula is C11H11N5OS. The van der Waals surface area contributed by atoms with E-state index in [9.17, 15) is 0 Å². The number of hydrogen-bond donors (Lipinski definition) is 1. The van der Waals surface area contributed by atoms with E-state index in [4.69, 9.17) is 10.3 Å². The number of rotatable bonds is 3. The average Bonchev–Trinajstić information content (AvgIpc) is 3.09. The number of aromatic nitrogens is 4. The van der Waals surface area contributed by atoms with Gasteiger partial charge in [-0.15, -0.1) is 11.3 Å². The third-order valence-corrected chi connectivity index (χ3v) is 3.40. The lowest BCUT2D eigenvalue weighted by molar-refractivity contribution is 0.367. The lowest BCUT2D eigenvalue weighted by Crippen LogP contribution is -2.11. The Bertz CT molecular complexity index is 642. The van der Waals surface area contributed by atoms with Crippen LogP contribution in [0.3, 0.4) is 0 Å². The van der Waals surface area contributed by atoms with Crippen LogP contribution in [-0.2, 0) is 7.05 Å². The maximum atomic E-state index is 6.05. The van der Waals surface area contributed by atoms with Crippen LogP contribution < -0.4 is 5.73 Å². The second-order valence-electron chi connectivity index (χ2n) is 3.86. The van der Waals surface area contributed by atoms with Crippen LogP contribution in [0, 0.1) is 0 Å². The number of thiophene rings is 1. The minimum absolute atomic E-state index is 0.395. The summed E-state index contributed by atoms with van der Waals surface area (Å²) in [4.78, 5) is 5.27. The van der Waals surface area contributed by atoms with Gasteiger partial charge in [0.05, 0.1) is 11.1 Å². The van der Waals surface area contributed by atoms with E-state index in [1.165, 1.54) is 0 Å². The quantitative estimate of drug-likeness (QED) is 0.774. The van der Waals surface area contributed by atoms with E-state index >= 15 is 0 Å². The summed E-state index contributed by atoms with van der Waals surface area (Å²) in [5.74, 6) is 0.964. The molecular weight excluding hydrogens is 250 g/mol. The zero-order valence-electron chi connectivity index (χ0n) is 9.65. The molecule has 7 heteroatoms. The Kier molecular flexibility index (Phi) is 2.69. The zero-order chi connectivity index (χ0) is 12.5. The first kappa shape index (κ1) is 11.1. The maximum absolute atomic E-state index is 6.05. The molecule has 3 rings (SSSR count). The van der Waals surface area contributed by atoms with Crippen molar-refractivity contribution in [1.29, 1.82) is 0 Å². The van der Waals surface area contributed by atoms with E-state index in [2.05, 4.69) is 15.2 Å². The van der Waals surface area contributed by atoms with Crippen LogP contribution in [0.5, 0.6) is 0 Å². The van der Waals surface area contributed by atoms with Crippen molar-refractivity contribution in [1.82, 2.24) is 19.9 Å². The van der Waals surface area contributed by atoms with Gasteiger partial charge in [0.15, 0.2) is 0 Å². The predicted molar refractivity (Wildman–Crippen MR) is 66.8 cm³/mol. The van der Waals surface area contributed by atoms with Crippen LogP contribution in [0.25, 0.3) is 10.7 Å². The highest BCUT2D eigenvalue weighted by atomic mass is 32.1. The van der Waals surface area contributed by atoms with E-state index in [1.54, 1.807) is 22.2 Å². The SMILES string of the molecule is Cn1cc(C(N)c2nc(-c3cccs3)no2)cn1. The summed E-state index contributed by atoms with van der Waals surface area (Å²) in [6.45, 7) is 0. The normalized spacial score (nSPS) is 12.8. The van der Waals surface area contributed by atoms with E-state index in [1.807, 2.05) is 30.8 Å². The molecule has 2 N–H and O–H groups in total. The van der Waals surface area contributed by atoms with Crippen LogP contribution in [0.2, 0.25) is 0 Å². The van der Waals surface area contributed by atoms with Crippen LogP contribution in [-0.4, -0.2) is 19.9 Å². The van der Waals surface area contributed by atoms with Gasteiger partial charge >= 0.3 is 0 Å². The molecule has 0 amide bonds. The van der Waals surface area contributed by atoms with Crippen molar-refractivity contribution in [3.8, 4) is 10.7 Å². The molecule has 0 aliphatic rings. The topological polar surface area (TPSA) is 82.8 Å². The zero-order valence-corrected chi connectivity index (χ0v) is 10.5. The van der Waals surface area contributed by atoms with Gasteiger partial charge in [-0.3, -0.25) is 4.68 Å². The first-order valence-electron chi connectivity index (χ1n) is 5.35. The molecule has 0 aromatic carbocycles. The molecule has 0 saturated heterocycles. The van der Waals surface area contributed by atoms with Crippen LogP contribution in [0.4, 0.5) is 0 Å². The molecule has 0 aliphatic heterocycles. The molecule has 0 bridgehead atoms. The van der Waals surface area contributed by atoms with Gasteiger partial charge in [0.25, 0.3) is 0 Å². The summed E-state index contributed by atoms with van der Waals surface area (Å²) < 4.78 is 6.88. The van der Waals surface area contributed by atoms with Crippen LogP contribution in [0.15, 0.2) is 34.4 Å². The van der Waals surface area contributed by atoms with Crippen molar-refractivity contribution in [3.63, 3.8) is 0 Å². The largest absolute Gasteiger partial charge is 0.337 e. The molecule has 0 saturated carbocycles. The van der Waals surface area contributed by atoms with Crippen molar-refractivity contribution < 1.29 is 4.52 Å². The minimum Gasteiger partial charge on any atom is -0.337 e. The monoisotopic (exact) mass is 261 g/mol. The minimum atomic E-state index is -0.445.